The molecule has 0 aliphatic heterocycles. The molecule has 0 amide bonds. The van der Waals surface area contributed by atoms with E-state index in [-0.39, 0.29) is 17.3 Å². The lowest BCUT2D eigenvalue weighted by Crippen LogP contribution is -2.17. The number of alkyl halides is 3. The van der Waals surface area contributed by atoms with Gasteiger partial charge in [-0.2, -0.15) is 0 Å². The summed E-state index contributed by atoms with van der Waals surface area (Å²) in [5.74, 6) is -0.220. The van der Waals surface area contributed by atoms with Crippen molar-refractivity contribution in [2.45, 2.75) is 6.36 Å². The standard InChI is InChI=1S/C13H9F3N2O2/c14-13(15,16)20-9-3-1-2-8(6-9)10-4-5-12(17)18-11(10)7-19/h1-7H,(H2,17,18). The van der Waals surface area contributed by atoms with Gasteiger partial charge in [-0.1, -0.05) is 12.1 Å². The summed E-state index contributed by atoms with van der Waals surface area (Å²) in [6, 6.07) is 8.25. The number of carbonyl (C=O) groups is 1. The molecule has 0 saturated carbocycles. The third kappa shape index (κ3) is 3.25. The molecule has 1 heterocycles. The Labute approximate surface area is 112 Å². The van der Waals surface area contributed by atoms with Crippen LogP contribution in [0.3, 0.4) is 0 Å². The van der Waals surface area contributed by atoms with Crippen LogP contribution in [0.4, 0.5) is 19.0 Å². The number of nitrogens with zero attached hydrogens (tertiary/aromatic N) is 1. The summed E-state index contributed by atoms with van der Waals surface area (Å²) >= 11 is 0. The predicted molar refractivity (Wildman–Crippen MR) is 66.2 cm³/mol. The van der Waals surface area contributed by atoms with Gasteiger partial charge in [0.25, 0.3) is 0 Å². The first kappa shape index (κ1) is 13.9. The Kier molecular flexibility index (Phi) is 3.60. The van der Waals surface area contributed by atoms with Gasteiger partial charge in [-0.3, -0.25) is 4.79 Å². The van der Waals surface area contributed by atoms with Gasteiger partial charge in [0.2, 0.25) is 0 Å². The largest absolute Gasteiger partial charge is 0.573 e. The lowest BCUT2D eigenvalue weighted by Gasteiger charge is -2.11. The van der Waals surface area contributed by atoms with Crippen LogP contribution in [0.1, 0.15) is 10.5 Å². The predicted octanol–water partition coefficient (Wildman–Crippen LogP) is 3.04. The van der Waals surface area contributed by atoms with Gasteiger partial charge in [0.15, 0.2) is 6.29 Å². The van der Waals surface area contributed by atoms with Gasteiger partial charge in [0, 0.05) is 5.56 Å². The Balaban J connectivity index is 2.43. The molecular formula is C13H9F3N2O2. The van der Waals surface area contributed by atoms with Crippen molar-refractivity contribution in [3.8, 4) is 16.9 Å². The quantitative estimate of drug-likeness (QED) is 0.879. The number of hydrogen-bond donors (Lipinski definition) is 1. The zero-order valence-electron chi connectivity index (χ0n) is 10.0. The van der Waals surface area contributed by atoms with E-state index < -0.39 is 6.36 Å². The van der Waals surface area contributed by atoms with Crippen molar-refractivity contribution < 1.29 is 22.7 Å². The second-order valence-electron chi connectivity index (χ2n) is 3.86. The van der Waals surface area contributed by atoms with Crippen molar-refractivity contribution in [3.63, 3.8) is 0 Å². The Morgan fingerprint density at radius 2 is 1.95 bits per heavy atom. The van der Waals surface area contributed by atoms with E-state index in [1.54, 1.807) is 6.07 Å². The first-order chi connectivity index (χ1) is 9.39. The van der Waals surface area contributed by atoms with Crippen LogP contribution < -0.4 is 10.5 Å². The molecule has 2 rings (SSSR count). The summed E-state index contributed by atoms with van der Waals surface area (Å²) in [5, 5.41) is 0. The minimum Gasteiger partial charge on any atom is -0.406 e. The summed E-state index contributed by atoms with van der Waals surface area (Å²) in [4.78, 5) is 14.8. The van der Waals surface area contributed by atoms with Crippen LogP contribution >= 0.6 is 0 Å². The average Bonchev–Trinajstić information content (AvgIpc) is 2.36. The number of hydrogen-bond acceptors (Lipinski definition) is 4. The maximum atomic E-state index is 12.2. The van der Waals surface area contributed by atoms with E-state index in [4.69, 9.17) is 5.73 Å². The fraction of sp³-hybridized carbons (Fsp3) is 0.0769. The summed E-state index contributed by atoms with van der Waals surface area (Å²) < 4.78 is 40.3. The number of aldehydes is 1. The van der Waals surface area contributed by atoms with Crippen LogP contribution in [0, 0.1) is 0 Å². The highest BCUT2D eigenvalue weighted by Gasteiger charge is 2.31. The van der Waals surface area contributed by atoms with Gasteiger partial charge in [-0.15, -0.1) is 13.2 Å². The summed E-state index contributed by atoms with van der Waals surface area (Å²) in [7, 11) is 0. The first-order valence-corrected chi connectivity index (χ1v) is 5.47. The van der Waals surface area contributed by atoms with Gasteiger partial charge in [0.1, 0.15) is 17.3 Å². The molecule has 2 aromatic rings. The SMILES string of the molecule is Nc1ccc(-c2cccc(OC(F)(F)F)c2)c(C=O)n1. The molecule has 0 aliphatic rings. The zero-order chi connectivity index (χ0) is 14.8. The van der Waals surface area contributed by atoms with Crippen LogP contribution in [0.5, 0.6) is 5.75 Å². The van der Waals surface area contributed by atoms with Gasteiger partial charge in [-0.25, -0.2) is 4.98 Å². The van der Waals surface area contributed by atoms with Crippen LogP contribution in [0.15, 0.2) is 36.4 Å². The lowest BCUT2D eigenvalue weighted by atomic mass is 10.0. The van der Waals surface area contributed by atoms with E-state index in [0.717, 1.165) is 0 Å². The maximum absolute atomic E-state index is 12.2. The van der Waals surface area contributed by atoms with Crippen molar-refractivity contribution in [3.05, 3.63) is 42.1 Å². The Hall–Kier alpha value is -2.57. The van der Waals surface area contributed by atoms with Gasteiger partial charge < -0.3 is 10.5 Å². The molecule has 0 unspecified atom stereocenters. The molecule has 0 atom stereocenters. The van der Waals surface area contributed by atoms with Gasteiger partial charge in [-0.05, 0) is 29.8 Å². The number of nitrogen functional groups attached to an aromatic ring is 1. The number of ether oxygens (including phenoxy) is 1. The third-order valence-electron chi connectivity index (χ3n) is 2.44. The monoisotopic (exact) mass is 282 g/mol. The molecule has 7 heteroatoms. The van der Waals surface area contributed by atoms with Crippen molar-refractivity contribution >= 4 is 12.1 Å². The highest BCUT2D eigenvalue weighted by atomic mass is 19.4. The third-order valence-corrected chi connectivity index (χ3v) is 2.44. The number of benzene rings is 1. The second-order valence-corrected chi connectivity index (χ2v) is 3.86. The van der Waals surface area contributed by atoms with Gasteiger partial charge >= 0.3 is 6.36 Å². The Morgan fingerprint density at radius 1 is 1.20 bits per heavy atom. The molecule has 0 spiro atoms. The van der Waals surface area contributed by atoms with E-state index >= 15 is 0 Å². The number of carbonyl (C=O) groups excluding carboxylic acids is 1. The molecule has 0 aliphatic carbocycles. The molecule has 0 bridgehead atoms. The highest BCUT2D eigenvalue weighted by molar-refractivity contribution is 5.86. The van der Waals surface area contributed by atoms with Crippen molar-refractivity contribution in [1.29, 1.82) is 0 Å². The van der Waals surface area contributed by atoms with Crippen molar-refractivity contribution in [2.75, 3.05) is 5.73 Å². The zero-order valence-corrected chi connectivity index (χ0v) is 10.0. The number of rotatable bonds is 3. The van der Waals surface area contributed by atoms with Gasteiger partial charge in [0.05, 0.1) is 0 Å². The highest BCUT2D eigenvalue weighted by Crippen LogP contribution is 2.29. The maximum Gasteiger partial charge on any atom is 0.573 e. The number of halogens is 3. The minimum absolute atomic E-state index is 0.0501. The molecule has 4 nitrogen and oxygen atoms in total. The molecular weight excluding hydrogens is 273 g/mol. The normalized spacial score (nSPS) is 11.2. The topological polar surface area (TPSA) is 65.2 Å². The first-order valence-electron chi connectivity index (χ1n) is 5.47. The fourth-order valence-corrected chi connectivity index (χ4v) is 1.69. The molecule has 1 aromatic heterocycles. The van der Waals surface area contributed by atoms with Crippen LogP contribution in [-0.2, 0) is 0 Å². The summed E-state index contributed by atoms with van der Waals surface area (Å²) in [6.07, 6.45) is -4.28. The van der Waals surface area contributed by atoms with E-state index in [1.807, 2.05) is 0 Å². The minimum atomic E-state index is -4.77. The molecule has 20 heavy (non-hydrogen) atoms. The van der Waals surface area contributed by atoms with Crippen LogP contribution in [-0.4, -0.2) is 17.6 Å². The van der Waals surface area contributed by atoms with E-state index in [2.05, 4.69) is 9.72 Å². The van der Waals surface area contributed by atoms with E-state index in [0.29, 0.717) is 17.4 Å². The molecule has 0 saturated heterocycles. The molecule has 0 fully saturated rings. The molecule has 2 N–H and O–H groups in total. The fourth-order valence-electron chi connectivity index (χ4n) is 1.69. The average molecular weight is 282 g/mol. The second kappa shape index (κ2) is 5.20. The van der Waals surface area contributed by atoms with Crippen LogP contribution in [0.25, 0.3) is 11.1 Å². The summed E-state index contributed by atoms with van der Waals surface area (Å²) in [5.41, 5.74) is 6.25. The number of pyridine rings is 1. The Bertz CT molecular complexity index is 642. The van der Waals surface area contributed by atoms with Crippen LogP contribution in [0.2, 0.25) is 0 Å². The number of aromatic nitrogens is 1. The Morgan fingerprint density at radius 3 is 2.60 bits per heavy atom. The van der Waals surface area contributed by atoms with Crippen molar-refractivity contribution in [1.82, 2.24) is 4.98 Å². The number of anilines is 1. The van der Waals surface area contributed by atoms with E-state index in [9.17, 15) is 18.0 Å². The molecule has 0 radical (unpaired) electrons. The van der Waals surface area contributed by atoms with Crippen molar-refractivity contribution in [2.24, 2.45) is 0 Å². The molecule has 104 valence electrons. The summed E-state index contributed by atoms with van der Waals surface area (Å²) in [6.45, 7) is 0. The number of nitrogens with two attached hydrogens (primary N) is 1. The van der Waals surface area contributed by atoms with E-state index in [1.165, 1.54) is 30.3 Å². The smallest absolute Gasteiger partial charge is 0.406 e. The lowest BCUT2D eigenvalue weighted by molar-refractivity contribution is -0.274. The molecule has 1 aromatic carbocycles.